The van der Waals surface area contributed by atoms with Gasteiger partial charge in [-0.2, -0.15) is 0 Å². The molecule has 0 aliphatic heterocycles. The topological polar surface area (TPSA) is 26.0 Å². The van der Waals surface area contributed by atoms with Crippen LogP contribution in [0.5, 0.6) is 0 Å². The molecular weight excluding hydrogens is 189 g/mol. The first-order valence-electron chi connectivity index (χ1n) is 3.97. The minimum absolute atomic E-state index is 0.0863. The number of allylic oxidation sites excluding steroid dienone is 1. The lowest BCUT2D eigenvalue weighted by atomic mass is 10.1. The molecule has 0 aliphatic rings. The monoisotopic (exact) mass is 199 g/mol. The van der Waals surface area contributed by atoms with E-state index in [2.05, 4.69) is 0 Å². The molecule has 1 rings (SSSR count). The fraction of sp³-hybridized carbons (Fsp3) is 0.200. The highest BCUT2D eigenvalue weighted by Gasteiger charge is 2.05. The van der Waals surface area contributed by atoms with Crippen LogP contribution in [0.1, 0.15) is 12.5 Å². The molecule has 0 atom stereocenters. The highest BCUT2D eigenvalue weighted by atomic mass is 35.5. The van der Waals surface area contributed by atoms with Crippen LogP contribution in [0.15, 0.2) is 30.1 Å². The summed E-state index contributed by atoms with van der Waals surface area (Å²) < 4.78 is 13.1. The van der Waals surface area contributed by atoms with Gasteiger partial charge in [0.25, 0.3) is 0 Å². The summed E-state index contributed by atoms with van der Waals surface area (Å²) in [5.41, 5.74) is 6.39. The van der Waals surface area contributed by atoms with Gasteiger partial charge in [0.1, 0.15) is 5.83 Å². The first-order valence-corrected chi connectivity index (χ1v) is 4.35. The molecule has 0 saturated heterocycles. The third-order valence-electron chi connectivity index (χ3n) is 1.86. The molecule has 1 aromatic carbocycles. The van der Waals surface area contributed by atoms with E-state index in [0.29, 0.717) is 16.2 Å². The third kappa shape index (κ3) is 2.29. The van der Waals surface area contributed by atoms with Crippen molar-refractivity contribution in [3.05, 3.63) is 40.7 Å². The Bertz CT molecular complexity index is 333. The molecule has 0 unspecified atom stereocenters. The molecule has 0 amide bonds. The van der Waals surface area contributed by atoms with Gasteiger partial charge >= 0.3 is 0 Å². The molecule has 70 valence electrons. The highest BCUT2D eigenvalue weighted by Crippen LogP contribution is 2.25. The van der Waals surface area contributed by atoms with Gasteiger partial charge < -0.3 is 5.73 Å². The molecule has 3 heteroatoms. The van der Waals surface area contributed by atoms with Gasteiger partial charge in [0.15, 0.2) is 0 Å². The zero-order chi connectivity index (χ0) is 9.84. The molecule has 0 aliphatic carbocycles. The smallest absolute Gasteiger partial charge is 0.117 e. The fourth-order valence-corrected chi connectivity index (χ4v) is 1.34. The Morgan fingerprint density at radius 2 is 2.08 bits per heavy atom. The van der Waals surface area contributed by atoms with Gasteiger partial charge in [-0.15, -0.1) is 0 Å². The molecular formula is C10H11ClFN. The maximum absolute atomic E-state index is 13.1. The lowest BCUT2D eigenvalue weighted by Gasteiger charge is -2.04. The van der Waals surface area contributed by atoms with Gasteiger partial charge in [-0.3, -0.25) is 0 Å². The van der Waals surface area contributed by atoms with Crippen molar-refractivity contribution in [2.24, 2.45) is 5.73 Å². The van der Waals surface area contributed by atoms with E-state index < -0.39 is 0 Å². The number of rotatable bonds is 2. The van der Waals surface area contributed by atoms with Crippen molar-refractivity contribution >= 4 is 17.2 Å². The summed E-state index contributed by atoms with van der Waals surface area (Å²) >= 11 is 5.88. The molecule has 1 nitrogen and oxygen atoms in total. The Morgan fingerprint density at radius 3 is 2.62 bits per heavy atom. The number of benzene rings is 1. The van der Waals surface area contributed by atoms with E-state index in [1.807, 2.05) is 6.07 Å². The van der Waals surface area contributed by atoms with E-state index in [9.17, 15) is 4.39 Å². The summed E-state index contributed by atoms with van der Waals surface area (Å²) in [5.74, 6) is -0.326. The number of halogens is 2. The normalized spacial score (nSPS) is 12.6. The Hall–Kier alpha value is -0.860. The second-order valence-electron chi connectivity index (χ2n) is 2.71. The number of nitrogens with two attached hydrogens (primary N) is 1. The largest absolute Gasteiger partial charge is 0.325 e. The van der Waals surface area contributed by atoms with E-state index in [-0.39, 0.29) is 12.4 Å². The van der Waals surface area contributed by atoms with Gasteiger partial charge in [-0.25, -0.2) is 4.39 Å². The van der Waals surface area contributed by atoms with Crippen LogP contribution < -0.4 is 5.73 Å². The first kappa shape index (κ1) is 10.2. The van der Waals surface area contributed by atoms with Crippen LogP contribution in [0.2, 0.25) is 5.02 Å². The van der Waals surface area contributed by atoms with Crippen molar-refractivity contribution in [1.82, 2.24) is 0 Å². The minimum Gasteiger partial charge on any atom is -0.325 e. The summed E-state index contributed by atoms with van der Waals surface area (Å²) in [6.07, 6.45) is 0. The number of hydrogen-bond donors (Lipinski definition) is 1. The van der Waals surface area contributed by atoms with Crippen molar-refractivity contribution in [3.8, 4) is 0 Å². The van der Waals surface area contributed by atoms with Crippen LogP contribution in [0.25, 0.3) is 5.57 Å². The molecule has 0 radical (unpaired) electrons. The Kier molecular flexibility index (Phi) is 3.46. The molecule has 0 heterocycles. The van der Waals surface area contributed by atoms with E-state index in [0.717, 1.165) is 0 Å². The third-order valence-corrected chi connectivity index (χ3v) is 2.19. The molecule has 13 heavy (non-hydrogen) atoms. The van der Waals surface area contributed by atoms with Gasteiger partial charge in [-0.05, 0) is 24.1 Å². The molecule has 1 aromatic rings. The van der Waals surface area contributed by atoms with Crippen molar-refractivity contribution in [1.29, 1.82) is 0 Å². The van der Waals surface area contributed by atoms with Gasteiger partial charge in [0.05, 0.1) is 0 Å². The van der Waals surface area contributed by atoms with Gasteiger partial charge in [0, 0.05) is 11.6 Å². The zero-order valence-corrected chi connectivity index (χ0v) is 8.11. The van der Waals surface area contributed by atoms with Crippen LogP contribution in [-0.2, 0) is 0 Å². The molecule has 0 bridgehead atoms. The van der Waals surface area contributed by atoms with Crippen LogP contribution in [-0.4, -0.2) is 6.54 Å². The summed E-state index contributed by atoms with van der Waals surface area (Å²) in [4.78, 5) is 0. The quantitative estimate of drug-likeness (QED) is 0.779. The van der Waals surface area contributed by atoms with E-state index in [4.69, 9.17) is 17.3 Å². The van der Waals surface area contributed by atoms with Crippen molar-refractivity contribution < 1.29 is 4.39 Å². The second-order valence-corrected chi connectivity index (χ2v) is 3.12. The zero-order valence-electron chi connectivity index (χ0n) is 7.35. The summed E-state index contributed by atoms with van der Waals surface area (Å²) in [6.45, 7) is 1.58. The molecule has 2 N–H and O–H groups in total. The van der Waals surface area contributed by atoms with Crippen LogP contribution in [0.4, 0.5) is 4.39 Å². The fourth-order valence-electron chi connectivity index (χ4n) is 1.06. The lowest BCUT2D eigenvalue weighted by molar-refractivity contribution is 0.621. The molecule has 0 fully saturated rings. The Morgan fingerprint density at radius 1 is 1.46 bits per heavy atom. The maximum Gasteiger partial charge on any atom is 0.117 e. The summed E-state index contributed by atoms with van der Waals surface area (Å²) in [7, 11) is 0. The first-order chi connectivity index (χ1) is 6.16. The average Bonchev–Trinajstić information content (AvgIpc) is 2.16. The van der Waals surface area contributed by atoms with E-state index in [1.54, 1.807) is 25.1 Å². The standard InChI is InChI=1S/C10H11ClFN/c1-7(10(12)6-13)8-4-2-3-5-9(8)11/h2-5H,6,13H2,1H3. The average molecular weight is 200 g/mol. The SMILES string of the molecule is CC(=C(F)CN)c1ccccc1Cl. The van der Waals surface area contributed by atoms with Gasteiger partial charge in [-0.1, -0.05) is 29.8 Å². The van der Waals surface area contributed by atoms with Crippen molar-refractivity contribution in [3.63, 3.8) is 0 Å². The lowest BCUT2D eigenvalue weighted by Crippen LogP contribution is -2.01. The minimum atomic E-state index is -0.326. The second kappa shape index (κ2) is 4.40. The van der Waals surface area contributed by atoms with Gasteiger partial charge in [0.2, 0.25) is 0 Å². The number of hydrogen-bond acceptors (Lipinski definition) is 1. The summed E-state index contributed by atoms with van der Waals surface area (Å²) in [5, 5.41) is 0.545. The van der Waals surface area contributed by atoms with Crippen LogP contribution in [0.3, 0.4) is 0 Å². The molecule has 0 spiro atoms. The predicted molar refractivity (Wildman–Crippen MR) is 54.2 cm³/mol. The highest BCUT2D eigenvalue weighted by molar-refractivity contribution is 6.32. The summed E-state index contributed by atoms with van der Waals surface area (Å²) in [6, 6.07) is 7.12. The van der Waals surface area contributed by atoms with Crippen molar-refractivity contribution in [2.75, 3.05) is 6.54 Å². The maximum atomic E-state index is 13.1. The molecule has 0 aromatic heterocycles. The van der Waals surface area contributed by atoms with Crippen LogP contribution in [0, 0.1) is 0 Å². The van der Waals surface area contributed by atoms with Crippen LogP contribution >= 0.6 is 11.6 Å². The Labute approximate surface area is 82.0 Å². The van der Waals surface area contributed by atoms with E-state index >= 15 is 0 Å². The van der Waals surface area contributed by atoms with Crippen molar-refractivity contribution in [2.45, 2.75) is 6.92 Å². The van der Waals surface area contributed by atoms with E-state index in [1.165, 1.54) is 0 Å². The Balaban J connectivity index is 3.16. The predicted octanol–water partition coefficient (Wildman–Crippen LogP) is 3.00. The molecule has 0 saturated carbocycles.